The molecule has 9 heteroatoms. The number of ether oxygens (including phenoxy) is 2. The lowest BCUT2D eigenvalue weighted by atomic mass is 10.1. The number of unbranched alkanes of at least 4 members (excludes halogenated alkanes) is 9. The zero-order valence-corrected chi connectivity index (χ0v) is 38.5. The summed E-state index contributed by atoms with van der Waals surface area (Å²) >= 11 is 0. The molecule has 3 N–H and O–H groups in total. The molecule has 0 spiro atoms. The highest BCUT2D eigenvalue weighted by Gasteiger charge is 2.25. The first kappa shape index (κ1) is 56.9. The van der Waals surface area contributed by atoms with Gasteiger partial charge in [0.2, 0.25) is 0 Å². The fourth-order valence-electron chi connectivity index (χ4n) is 5.58. The van der Waals surface area contributed by atoms with Gasteiger partial charge in [-0.1, -0.05) is 167 Å². The van der Waals surface area contributed by atoms with Crippen molar-refractivity contribution in [3.8, 4) is 0 Å². The van der Waals surface area contributed by atoms with Gasteiger partial charge in [0.15, 0.2) is 0 Å². The summed E-state index contributed by atoms with van der Waals surface area (Å²) in [4.78, 5) is 22.5. The maximum absolute atomic E-state index is 12.6. The van der Waals surface area contributed by atoms with E-state index in [1.807, 2.05) is 0 Å². The number of carbonyl (C=O) groups is 1. The Bertz CT molecular complexity index is 1320. The van der Waals surface area contributed by atoms with E-state index in [-0.39, 0.29) is 38.8 Å². The molecule has 0 saturated heterocycles. The fourth-order valence-corrected chi connectivity index (χ4v) is 6.34. The van der Waals surface area contributed by atoms with Crippen molar-refractivity contribution < 1.29 is 32.8 Å². The lowest BCUT2D eigenvalue weighted by Crippen LogP contribution is -2.28. The fraction of sp³-hybridized carbons (Fsp3) is 0.588. The highest BCUT2D eigenvalue weighted by atomic mass is 31.2. The average Bonchev–Trinajstić information content (AvgIpc) is 3.24. The van der Waals surface area contributed by atoms with E-state index in [2.05, 4.69) is 135 Å². The molecule has 0 radical (unpaired) electrons. The molecule has 0 amide bonds. The molecule has 0 aromatic carbocycles. The van der Waals surface area contributed by atoms with Crippen LogP contribution in [0, 0.1) is 0 Å². The number of phosphoric ester groups is 1. The summed E-state index contributed by atoms with van der Waals surface area (Å²) in [5.74, 6) is -0.362. The van der Waals surface area contributed by atoms with Crippen molar-refractivity contribution in [1.29, 1.82) is 0 Å². The number of esters is 1. The number of hydrogen-bond donors (Lipinski definition) is 2. The van der Waals surface area contributed by atoms with Crippen LogP contribution in [-0.2, 0) is 27.9 Å². The predicted octanol–water partition coefficient (Wildman–Crippen LogP) is 14.2. The van der Waals surface area contributed by atoms with E-state index in [0.29, 0.717) is 6.61 Å². The van der Waals surface area contributed by atoms with Crippen molar-refractivity contribution >= 4 is 13.8 Å². The molecule has 60 heavy (non-hydrogen) atoms. The highest BCUT2D eigenvalue weighted by Crippen LogP contribution is 2.43. The van der Waals surface area contributed by atoms with E-state index >= 15 is 0 Å². The Kier molecular flexibility index (Phi) is 44.5. The van der Waals surface area contributed by atoms with Gasteiger partial charge in [-0.25, -0.2) is 4.57 Å². The van der Waals surface area contributed by atoms with Crippen molar-refractivity contribution in [2.75, 3.05) is 33.0 Å². The number of phosphoric acid groups is 1. The molecule has 2 atom stereocenters. The van der Waals surface area contributed by atoms with Gasteiger partial charge in [-0.15, -0.1) is 0 Å². The van der Waals surface area contributed by atoms with Gasteiger partial charge in [-0.05, 0) is 103 Å². The van der Waals surface area contributed by atoms with Gasteiger partial charge >= 0.3 is 13.8 Å². The Hall–Kier alpha value is -3.10. The Labute approximate surface area is 366 Å². The Morgan fingerprint density at radius 3 is 1.32 bits per heavy atom. The van der Waals surface area contributed by atoms with Crippen LogP contribution in [0.4, 0.5) is 0 Å². The SMILES string of the molecule is CC/C=C\C/C=C\C/C=C\C/C=C\C/C=C\C/C=C\C/C=C\CCCCOCC(COP(=O)(O)OCCN)OC(=O)CCCCCCCCC/C=C\C/C=C\C/C=C\CC. The smallest absolute Gasteiger partial charge is 0.457 e. The molecule has 0 aliphatic heterocycles. The van der Waals surface area contributed by atoms with Crippen LogP contribution < -0.4 is 5.73 Å². The van der Waals surface area contributed by atoms with Crippen LogP contribution in [0.15, 0.2) is 122 Å². The van der Waals surface area contributed by atoms with Gasteiger partial charge in [0.1, 0.15) is 6.10 Å². The van der Waals surface area contributed by atoms with Crippen molar-refractivity contribution in [2.45, 2.75) is 161 Å². The molecular formula is C51H84NO7P. The minimum absolute atomic E-state index is 0.0731. The maximum atomic E-state index is 12.6. The summed E-state index contributed by atoms with van der Waals surface area (Å²) in [6.45, 7) is 4.53. The number of rotatable bonds is 42. The monoisotopic (exact) mass is 854 g/mol. The van der Waals surface area contributed by atoms with Crippen LogP contribution >= 0.6 is 7.82 Å². The van der Waals surface area contributed by atoms with E-state index in [1.54, 1.807) is 0 Å². The van der Waals surface area contributed by atoms with Crippen LogP contribution in [0.1, 0.15) is 155 Å². The molecule has 0 heterocycles. The van der Waals surface area contributed by atoms with Crippen LogP contribution in [0.5, 0.6) is 0 Å². The summed E-state index contributed by atoms with van der Waals surface area (Å²) in [5, 5.41) is 0. The molecule has 0 aliphatic rings. The zero-order chi connectivity index (χ0) is 43.7. The van der Waals surface area contributed by atoms with Gasteiger partial charge in [-0.3, -0.25) is 13.8 Å². The molecule has 0 rings (SSSR count). The van der Waals surface area contributed by atoms with E-state index in [9.17, 15) is 14.3 Å². The molecule has 340 valence electrons. The van der Waals surface area contributed by atoms with E-state index in [4.69, 9.17) is 24.3 Å². The quantitative estimate of drug-likeness (QED) is 0.0270. The molecule has 8 nitrogen and oxygen atoms in total. The molecule has 0 saturated carbocycles. The van der Waals surface area contributed by atoms with E-state index in [1.165, 1.54) is 19.3 Å². The lowest BCUT2D eigenvalue weighted by Gasteiger charge is -2.20. The number of carbonyl (C=O) groups excluding carboxylic acids is 1. The summed E-state index contributed by atoms with van der Waals surface area (Å²) in [5.41, 5.74) is 5.37. The summed E-state index contributed by atoms with van der Waals surface area (Å²) in [6, 6.07) is 0. The summed E-state index contributed by atoms with van der Waals surface area (Å²) < 4.78 is 33.4. The first-order chi connectivity index (χ1) is 29.4. The van der Waals surface area contributed by atoms with Crippen molar-refractivity contribution in [3.05, 3.63) is 122 Å². The standard InChI is InChI=1S/C51H84NO7P/c1-3-5-7-9-11-13-15-17-19-21-22-23-24-25-26-27-29-31-33-35-37-39-41-43-46-56-48-50(49-58-60(54,55)57-47-45-52)59-51(53)44-42-40-38-36-34-32-30-28-20-18-16-14-12-10-8-6-4-2/h5-8,11-14,17-20,22-23,25-26,29,31,35,37,50H,3-4,9-10,15-16,21,24,27-28,30,32-34,36,38-49,52H2,1-2H3,(H,54,55)/b7-5-,8-6-,13-11-,14-12-,19-17-,20-18-,23-22-,26-25-,31-29-,37-35-. The third kappa shape index (κ3) is 46.0. The van der Waals surface area contributed by atoms with Crippen LogP contribution in [-0.4, -0.2) is 49.9 Å². The molecular weight excluding hydrogens is 770 g/mol. The molecule has 0 aliphatic carbocycles. The second-order valence-electron chi connectivity index (χ2n) is 14.5. The number of hydrogen-bond acceptors (Lipinski definition) is 7. The molecule has 0 bridgehead atoms. The average molecular weight is 854 g/mol. The van der Waals surface area contributed by atoms with E-state index in [0.717, 1.165) is 116 Å². The predicted molar refractivity (Wildman–Crippen MR) is 256 cm³/mol. The van der Waals surface area contributed by atoms with Crippen LogP contribution in [0.2, 0.25) is 0 Å². The van der Waals surface area contributed by atoms with Crippen molar-refractivity contribution in [3.63, 3.8) is 0 Å². The summed E-state index contributed by atoms with van der Waals surface area (Å²) in [6.07, 6.45) is 65.1. The third-order valence-electron chi connectivity index (χ3n) is 8.87. The van der Waals surface area contributed by atoms with Gasteiger partial charge in [0.05, 0.1) is 19.8 Å². The van der Waals surface area contributed by atoms with Crippen molar-refractivity contribution in [2.24, 2.45) is 5.73 Å². The second kappa shape index (κ2) is 47.0. The molecule has 0 aromatic heterocycles. The largest absolute Gasteiger partial charge is 0.472 e. The van der Waals surface area contributed by atoms with Gasteiger partial charge in [0.25, 0.3) is 0 Å². The van der Waals surface area contributed by atoms with Gasteiger partial charge in [0, 0.05) is 19.6 Å². The number of nitrogens with two attached hydrogens (primary N) is 1. The van der Waals surface area contributed by atoms with Gasteiger partial charge < -0.3 is 20.1 Å². The normalized spacial score (nSPS) is 14.5. The Balaban J connectivity index is 4.15. The van der Waals surface area contributed by atoms with Crippen LogP contribution in [0.3, 0.4) is 0 Å². The minimum atomic E-state index is -4.30. The topological polar surface area (TPSA) is 117 Å². The van der Waals surface area contributed by atoms with Crippen LogP contribution in [0.25, 0.3) is 0 Å². The maximum Gasteiger partial charge on any atom is 0.472 e. The third-order valence-corrected chi connectivity index (χ3v) is 9.86. The summed E-state index contributed by atoms with van der Waals surface area (Å²) in [7, 11) is -4.30. The first-order valence-electron chi connectivity index (χ1n) is 23.0. The molecule has 0 aromatic rings. The number of allylic oxidation sites excluding steroid dienone is 20. The van der Waals surface area contributed by atoms with Gasteiger partial charge in [-0.2, -0.15) is 0 Å². The Morgan fingerprint density at radius 1 is 0.500 bits per heavy atom. The van der Waals surface area contributed by atoms with Crippen molar-refractivity contribution in [1.82, 2.24) is 0 Å². The second-order valence-corrected chi connectivity index (χ2v) is 16.0. The van der Waals surface area contributed by atoms with E-state index < -0.39 is 13.9 Å². The first-order valence-corrected chi connectivity index (χ1v) is 24.5. The minimum Gasteiger partial charge on any atom is -0.457 e. The Morgan fingerprint density at radius 2 is 0.883 bits per heavy atom. The molecule has 2 unspecified atom stereocenters. The zero-order valence-electron chi connectivity index (χ0n) is 37.6. The lowest BCUT2D eigenvalue weighted by molar-refractivity contribution is -0.154. The molecule has 0 fully saturated rings. The highest BCUT2D eigenvalue weighted by molar-refractivity contribution is 7.47.